The summed E-state index contributed by atoms with van der Waals surface area (Å²) in [5, 5.41) is 0. The number of nitrogen functional groups attached to an aromatic ring is 1. The average molecular weight is 239 g/mol. The molecule has 2 rings (SSSR count). The predicted molar refractivity (Wildman–Crippen MR) is 64.0 cm³/mol. The zero-order valence-corrected chi connectivity index (χ0v) is 9.82. The molecule has 1 saturated heterocycles. The van der Waals surface area contributed by atoms with Gasteiger partial charge in [-0.05, 0) is 30.9 Å². The van der Waals surface area contributed by atoms with E-state index in [0.29, 0.717) is 30.4 Å². The maximum absolute atomic E-state index is 13.4. The van der Waals surface area contributed by atoms with Gasteiger partial charge in [0.2, 0.25) is 0 Å². The number of halogens is 1. The van der Waals surface area contributed by atoms with E-state index < -0.39 is 0 Å². The van der Waals surface area contributed by atoms with Crippen molar-refractivity contribution in [1.82, 2.24) is 0 Å². The van der Waals surface area contributed by atoms with E-state index in [1.807, 2.05) is 0 Å². The number of nitrogens with two attached hydrogens (primary N) is 1. The third-order valence-corrected chi connectivity index (χ3v) is 3.03. The van der Waals surface area contributed by atoms with Gasteiger partial charge in [0.1, 0.15) is 5.82 Å². The van der Waals surface area contributed by atoms with Crippen LogP contribution in [0.1, 0.15) is 18.4 Å². The van der Waals surface area contributed by atoms with Gasteiger partial charge in [-0.3, -0.25) is 0 Å². The molecule has 94 valence electrons. The minimum atomic E-state index is -0.294. The zero-order valence-electron chi connectivity index (χ0n) is 9.82. The smallest absolute Gasteiger partial charge is 0.130 e. The second-order valence-electron chi connectivity index (χ2n) is 4.42. The molecule has 0 atom stereocenters. The Bertz CT molecular complexity index is 364. The van der Waals surface area contributed by atoms with Gasteiger partial charge in [0.05, 0.1) is 13.2 Å². The molecule has 1 aromatic rings. The third kappa shape index (κ3) is 3.68. The number of benzene rings is 1. The van der Waals surface area contributed by atoms with Crippen molar-refractivity contribution in [2.24, 2.45) is 5.92 Å². The van der Waals surface area contributed by atoms with Crippen molar-refractivity contribution < 1.29 is 13.9 Å². The van der Waals surface area contributed by atoms with Crippen molar-refractivity contribution in [2.45, 2.75) is 19.4 Å². The topological polar surface area (TPSA) is 44.5 Å². The summed E-state index contributed by atoms with van der Waals surface area (Å²) in [4.78, 5) is 0. The monoisotopic (exact) mass is 239 g/mol. The highest BCUT2D eigenvalue weighted by atomic mass is 19.1. The highest BCUT2D eigenvalue weighted by Crippen LogP contribution is 2.17. The number of hydrogen-bond acceptors (Lipinski definition) is 3. The Morgan fingerprint density at radius 3 is 2.82 bits per heavy atom. The summed E-state index contributed by atoms with van der Waals surface area (Å²) in [5.74, 6) is 0.248. The molecule has 0 aromatic heterocycles. The van der Waals surface area contributed by atoms with Crippen LogP contribution in [0, 0.1) is 11.7 Å². The van der Waals surface area contributed by atoms with Crippen LogP contribution in [-0.2, 0) is 16.1 Å². The molecular weight excluding hydrogens is 221 g/mol. The van der Waals surface area contributed by atoms with Crippen LogP contribution in [0.2, 0.25) is 0 Å². The van der Waals surface area contributed by atoms with E-state index in [-0.39, 0.29) is 5.82 Å². The Kier molecular flexibility index (Phi) is 4.34. The second-order valence-corrected chi connectivity index (χ2v) is 4.42. The van der Waals surface area contributed by atoms with Crippen LogP contribution < -0.4 is 5.73 Å². The lowest BCUT2D eigenvalue weighted by Gasteiger charge is -2.21. The summed E-state index contributed by atoms with van der Waals surface area (Å²) >= 11 is 0. The van der Waals surface area contributed by atoms with Crippen molar-refractivity contribution in [1.29, 1.82) is 0 Å². The lowest BCUT2D eigenvalue weighted by Crippen LogP contribution is -2.20. The number of rotatable bonds is 4. The van der Waals surface area contributed by atoms with E-state index in [4.69, 9.17) is 15.2 Å². The van der Waals surface area contributed by atoms with Gasteiger partial charge in [-0.2, -0.15) is 0 Å². The van der Waals surface area contributed by atoms with E-state index in [1.165, 1.54) is 6.07 Å². The van der Waals surface area contributed by atoms with Gasteiger partial charge >= 0.3 is 0 Å². The highest BCUT2D eigenvalue weighted by Gasteiger charge is 2.14. The summed E-state index contributed by atoms with van der Waals surface area (Å²) in [5.41, 5.74) is 6.48. The lowest BCUT2D eigenvalue weighted by atomic mass is 10.0. The Hall–Kier alpha value is -1.13. The number of ether oxygens (including phenoxy) is 2. The number of hydrogen-bond donors (Lipinski definition) is 1. The molecule has 17 heavy (non-hydrogen) atoms. The molecule has 2 N–H and O–H groups in total. The Balaban J connectivity index is 1.77. The van der Waals surface area contributed by atoms with Gasteiger partial charge in [-0.1, -0.05) is 6.07 Å². The fourth-order valence-electron chi connectivity index (χ4n) is 1.93. The molecule has 1 aromatic carbocycles. The first kappa shape index (κ1) is 12.3. The fourth-order valence-corrected chi connectivity index (χ4v) is 1.93. The van der Waals surface area contributed by atoms with Gasteiger partial charge in [-0.15, -0.1) is 0 Å². The van der Waals surface area contributed by atoms with E-state index in [2.05, 4.69) is 0 Å². The molecule has 0 unspecified atom stereocenters. The second kappa shape index (κ2) is 5.98. The van der Waals surface area contributed by atoms with Crippen molar-refractivity contribution in [3.8, 4) is 0 Å². The predicted octanol–water partition coefficient (Wildman–Crippen LogP) is 2.35. The standard InChI is InChI=1S/C13H18FNO2/c14-13-7-12(15)2-1-11(13)9-17-8-10-3-5-16-6-4-10/h1-2,7,10H,3-6,8-9,15H2. The molecule has 1 aliphatic rings. The van der Waals surface area contributed by atoms with Crippen LogP contribution in [0.4, 0.5) is 10.1 Å². The van der Waals surface area contributed by atoms with Crippen LogP contribution in [0.25, 0.3) is 0 Å². The molecule has 4 heteroatoms. The first-order chi connectivity index (χ1) is 8.25. The molecule has 3 nitrogen and oxygen atoms in total. The Morgan fingerprint density at radius 2 is 2.12 bits per heavy atom. The SMILES string of the molecule is Nc1ccc(COCC2CCOCC2)c(F)c1. The van der Waals surface area contributed by atoms with Crippen LogP contribution in [-0.4, -0.2) is 19.8 Å². The van der Waals surface area contributed by atoms with Crippen LogP contribution in [0.15, 0.2) is 18.2 Å². The highest BCUT2D eigenvalue weighted by molar-refractivity contribution is 5.40. The molecule has 0 aliphatic carbocycles. The maximum Gasteiger partial charge on any atom is 0.130 e. The van der Waals surface area contributed by atoms with Crippen molar-refractivity contribution in [3.05, 3.63) is 29.6 Å². The van der Waals surface area contributed by atoms with Gasteiger partial charge in [0.15, 0.2) is 0 Å². The van der Waals surface area contributed by atoms with Crippen LogP contribution >= 0.6 is 0 Å². The van der Waals surface area contributed by atoms with E-state index >= 15 is 0 Å². The molecule has 0 spiro atoms. The zero-order chi connectivity index (χ0) is 12.1. The Morgan fingerprint density at radius 1 is 1.35 bits per heavy atom. The average Bonchev–Trinajstić information content (AvgIpc) is 2.33. The lowest BCUT2D eigenvalue weighted by molar-refractivity contribution is 0.0151. The summed E-state index contributed by atoms with van der Waals surface area (Å²) in [7, 11) is 0. The molecule has 0 saturated carbocycles. The van der Waals surface area contributed by atoms with Crippen LogP contribution in [0.3, 0.4) is 0 Å². The first-order valence-electron chi connectivity index (χ1n) is 5.95. The largest absolute Gasteiger partial charge is 0.399 e. The molecule has 0 radical (unpaired) electrons. The van der Waals surface area contributed by atoms with E-state index in [9.17, 15) is 4.39 Å². The van der Waals surface area contributed by atoms with E-state index in [1.54, 1.807) is 12.1 Å². The molecule has 1 heterocycles. The summed E-state index contributed by atoms with van der Waals surface area (Å²) in [6.07, 6.45) is 2.06. The molecule has 0 bridgehead atoms. The van der Waals surface area contributed by atoms with Crippen molar-refractivity contribution in [2.75, 3.05) is 25.6 Å². The molecule has 0 amide bonds. The summed E-state index contributed by atoms with van der Waals surface area (Å²) in [6, 6.07) is 4.69. The van der Waals surface area contributed by atoms with Gasteiger partial charge in [0, 0.05) is 24.5 Å². The van der Waals surface area contributed by atoms with Crippen molar-refractivity contribution in [3.63, 3.8) is 0 Å². The minimum absolute atomic E-state index is 0.294. The van der Waals surface area contributed by atoms with Crippen molar-refractivity contribution >= 4 is 5.69 Å². The van der Waals surface area contributed by atoms with Gasteiger partial charge in [-0.25, -0.2) is 4.39 Å². The maximum atomic E-state index is 13.4. The van der Waals surface area contributed by atoms with Gasteiger partial charge < -0.3 is 15.2 Å². The molecular formula is C13H18FNO2. The van der Waals surface area contributed by atoms with E-state index in [0.717, 1.165) is 26.1 Å². The quantitative estimate of drug-likeness (QED) is 0.820. The summed E-state index contributed by atoms with van der Waals surface area (Å²) < 4.78 is 24.2. The third-order valence-electron chi connectivity index (χ3n) is 3.03. The normalized spacial score (nSPS) is 17.2. The minimum Gasteiger partial charge on any atom is -0.399 e. The Labute approximate surface area is 101 Å². The molecule has 1 fully saturated rings. The van der Waals surface area contributed by atoms with Crippen LogP contribution in [0.5, 0.6) is 0 Å². The number of anilines is 1. The fraction of sp³-hybridized carbons (Fsp3) is 0.538. The van der Waals surface area contributed by atoms with Gasteiger partial charge in [0.25, 0.3) is 0 Å². The first-order valence-corrected chi connectivity index (χ1v) is 5.95. The summed E-state index contributed by atoms with van der Waals surface area (Å²) in [6.45, 7) is 2.60. The molecule has 1 aliphatic heterocycles.